The van der Waals surface area contributed by atoms with Gasteiger partial charge in [0.2, 0.25) is 0 Å². The second-order valence-electron chi connectivity index (χ2n) is 5.81. The van der Waals surface area contributed by atoms with Crippen molar-refractivity contribution >= 4 is 5.97 Å². The summed E-state index contributed by atoms with van der Waals surface area (Å²) in [7, 11) is 6.32. The molecule has 2 aromatic carbocycles. The molecule has 3 nitrogen and oxygen atoms in total. The number of carbonyl (C=O) groups excluding carboxylic acids is 1. The zero-order valence-electron chi connectivity index (χ0n) is 12.5. The molecule has 0 atom stereocenters. The number of rotatable bonds is 4. The molecule has 0 spiro atoms. The minimum Gasteiger partial charge on any atom is -1.00 e. The van der Waals surface area contributed by atoms with Gasteiger partial charge in [-0.1, -0.05) is 30.3 Å². The fourth-order valence-corrected chi connectivity index (χ4v) is 1.98. The van der Waals surface area contributed by atoms with Crippen LogP contribution in [0.1, 0.15) is 15.9 Å². The van der Waals surface area contributed by atoms with Crippen molar-refractivity contribution in [1.82, 2.24) is 0 Å². The SMILES string of the molecule is C[N+](C)(C)Cc1ccccc1OC(=O)c1ccccc1.[Br-]. The molecule has 2 rings (SSSR count). The van der Waals surface area contributed by atoms with Crippen molar-refractivity contribution in [2.45, 2.75) is 6.54 Å². The van der Waals surface area contributed by atoms with Crippen LogP contribution in [-0.4, -0.2) is 31.6 Å². The molecule has 0 amide bonds. The summed E-state index contributed by atoms with van der Waals surface area (Å²) in [5, 5.41) is 0. The monoisotopic (exact) mass is 349 g/mol. The van der Waals surface area contributed by atoms with Gasteiger partial charge in [0.1, 0.15) is 12.3 Å². The molecule has 0 aliphatic rings. The molecule has 21 heavy (non-hydrogen) atoms. The maximum Gasteiger partial charge on any atom is 0.343 e. The Hall–Kier alpha value is -1.65. The number of hydrogen-bond donors (Lipinski definition) is 0. The first kappa shape index (κ1) is 17.4. The molecular weight excluding hydrogens is 330 g/mol. The second-order valence-corrected chi connectivity index (χ2v) is 5.81. The number of ether oxygens (including phenoxy) is 1. The van der Waals surface area contributed by atoms with Crippen LogP contribution >= 0.6 is 0 Å². The maximum absolute atomic E-state index is 12.1. The van der Waals surface area contributed by atoms with Crippen LogP contribution in [0.15, 0.2) is 54.6 Å². The number of hydrogen-bond acceptors (Lipinski definition) is 2. The van der Waals surface area contributed by atoms with E-state index < -0.39 is 0 Å². The topological polar surface area (TPSA) is 26.3 Å². The first-order valence-corrected chi connectivity index (χ1v) is 6.61. The molecule has 2 aromatic rings. The van der Waals surface area contributed by atoms with Crippen LogP contribution in [0.25, 0.3) is 0 Å². The van der Waals surface area contributed by atoms with Gasteiger partial charge in [-0.2, -0.15) is 0 Å². The third-order valence-corrected chi connectivity index (χ3v) is 2.83. The van der Waals surface area contributed by atoms with Gasteiger partial charge >= 0.3 is 5.97 Å². The predicted octanol–water partition coefficient (Wildman–Crippen LogP) is 0.116. The number of quaternary nitrogens is 1. The summed E-state index contributed by atoms with van der Waals surface area (Å²) >= 11 is 0. The van der Waals surface area contributed by atoms with Gasteiger partial charge in [-0.25, -0.2) is 4.79 Å². The fourth-order valence-electron chi connectivity index (χ4n) is 1.98. The largest absolute Gasteiger partial charge is 1.00 e. The Bertz CT molecular complexity index is 591. The van der Waals surface area contributed by atoms with Gasteiger partial charge in [0, 0.05) is 5.56 Å². The summed E-state index contributed by atoms with van der Waals surface area (Å²) in [6.45, 7) is 0.804. The normalized spacial score (nSPS) is 10.6. The lowest BCUT2D eigenvalue weighted by Crippen LogP contribution is -3.00. The van der Waals surface area contributed by atoms with Crippen LogP contribution in [-0.2, 0) is 6.54 Å². The first-order valence-electron chi connectivity index (χ1n) is 6.61. The van der Waals surface area contributed by atoms with Crippen LogP contribution in [0.2, 0.25) is 0 Å². The molecule has 0 N–H and O–H groups in total. The number of halogens is 1. The summed E-state index contributed by atoms with van der Waals surface area (Å²) in [6.07, 6.45) is 0. The zero-order chi connectivity index (χ0) is 14.6. The summed E-state index contributed by atoms with van der Waals surface area (Å²) < 4.78 is 6.31. The number of esters is 1. The van der Waals surface area contributed by atoms with E-state index in [0.29, 0.717) is 11.3 Å². The highest BCUT2D eigenvalue weighted by Crippen LogP contribution is 2.22. The minimum atomic E-state index is -0.320. The molecular formula is C17H20BrNO2. The molecule has 0 saturated carbocycles. The molecule has 4 heteroatoms. The van der Waals surface area contributed by atoms with E-state index in [1.54, 1.807) is 12.1 Å². The number of para-hydroxylation sites is 1. The molecule has 0 fully saturated rings. The molecule has 0 radical (unpaired) electrons. The smallest absolute Gasteiger partial charge is 0.343 e. The Balaban J connectivity index is 0.00000220. The van der Waals surface area contributed by atoms with E-state index in [0.717, 1.165) is 16.6 Å². The van der Waals surface area contributed by atoms with Gasteiger partial charge in [-0.05, 0) is 24.3 Å². The molecule has 0 aromatic heterocycles. The molecule has 0 heterocycles. The van der Waals surface area contributed by atoms with Crippen molar-refractivity contribution in [3.05, 3.63) is 65.7 Å². The number of nitrogens with zero attached hydrogens (tertiary/aromatic N) is 1. The van der Waals surface area contributed by atoms with E-state index in [9.17, 15) is 4.79 Å². The average Bonchev–Trinajstić information content (AvgIpc) is 2.40. The van der Waals surface area contributed by atoms with E-state index in [4.69, 9.17) is 4.74 Å². The van der Waals surface area contributed by atoms with Gasteiger partial charge in [0.25, 0.3) is 0 Å². The van der Waals surface area contributed by atoms with Gasteiger partial charge in [-0.3, -0.25) is 0 Å². The van der Waals surface area contributed by atoms with Crippen molar-refractivity contribution in [3.63, 3.8) is 0 Å². The van der Waals surface area contributed by atoms with Crippen molar-refractivity contribution in [1.29, 1.82) is 0 Å². The van der Waals surface area contributed by atoms with Crippen LogP contribution in [0, 0.1) is 0 Å². The molecule has 0 bridgehead atoms. The predicted molar refractivity (Wildman–Crippen MR) is 79.6 cm³/mol. The van der Waals surface area contributed by atoms with E-state index in [1.807, 2.05) is 42.5 Å². The Morgan fingerprint density at radius 1 is 0.952 bits per heavy atom. The van der Waals surface area contributed by atoms with Crippen LogP contribution in [0.5, 0.6) is 5.75 Å². The van der Waals surface area contributed by atoms with E-state index in [2.05, 4.69) is 21.1 Å². The van der Waals surface area contributed by atoms with Crippen molar-refractivity contribution < 1.29 is 31.0 Å². The Labute approximate surface area is 136 Å². The Kier molecular flexibility index (Phi) is 6.12. The molecule has 0 aliphatic heterocycles. The van der Waals surface area contributed by atoms with Crippen LogP contribution < -0.4 is 21.7 Å². The maximum atomic E-state index is 12.1. The highest BCUT2D eigenvalue weighted by atomic mass is 79.9. The first-order chi connectivity index (χ1) is 9.46. The van der Waals surface area contributed by atoms with Gasteiger partial charge in [0.05, 0.1) is 26.7 Å². The van der Waals surface area contributed by atoms with Crippen LogP contribution in [0.4, 0.5) is 0 Å². The zero-order valence-corrected chi connectivity index (χ0v) is 14.1. The number of benzene rings is 2. The summed E-state index contributed by atoms with van der Waals surface area (Å²) in [6, 6.07) is 16.7. The quantitative estimate of drug-likeness (QED) is 0.445. The highest BCUT2D eigenvalue weighted by molar-refractivity contribution is 5.91. The number of carbonyl (C=O) groups is 1. The van der Waals surface area contributed by atoms with Gasteiger partial charge in [0.15, 0.2) is 0 Å². The van der Waals surface area contributed by atoms with E-state index in [-0.39, 0.29) is 23.0 Å². The lowest BCUT2D eigenvalue weighted by molar-refractivity contribution is -0.884. The highest BCUT2D eigenvalue weighted by Gasteiger charge is 2.15. The summed E-state index contributed by atoms with van der Waals surface area (Å²) in [4.78, 5) is 12.1. The lowest BCUT2D eigenvalue weighted by atomic mass is 10.1. The molecule has 0 aliphatic carbocycles. The van der Waals surface area contributed by atoms with Gasteiger partial charge in [-0.15, -0.1) is 0 Å². The minimum absolute atomic E-state index is 0. The van der Waals surface area contributed by atoms with Crippen molar-refractivity contribution in [3.8, 4) is 5.75 Å². The van der Waals surface area contributed by atoms with Gasteiger partial charge < -0.3 is 26.2 Å². The van der Waals surface area contributed by atoms with E-state index in [1.165, 1.54) is 0 Å². The van der Waals surface area contributed by atoms with Crippen molar-refractivity contribution in [2.75, 3.05) is 21.1 Å². The van der Waals surface area contributed by atoms with Crippen LogP contribution in [0.3, 0.4) is 0 Å². The average molecular weight is 350 g/mol. The summed E-state index contributed by atoms with van der Waals surface area (Å²) in [5.41, 5.74) is 1.59. The fraction of sp³-hybridized carbons (Fsp3) is 0.235. The molecule has 0 saturated heterocycles. The summed E-state index contributed by atoms with van der Waals surface area (Å²) in [5.74, 6) is 0.314. The second kappa shape index (κ2) is 7.38. The molecule has 0 unspecified atom stereocenters. The molecule has 112 valence electrons. The standard InChI is InChI=1S/C17H20NO2.BrH/c1-18(2,3)13-15-11-7-8-12-16(15)20-17(19)14-9-5-4-6-10-14;/h4-12H,13H2,1-3H3;1H/q+1;/p-1. The Morgan fingerprint density at radius 3 is 2.14 bits per heavy atom. The van der Waals surface area contributed by atoms with E-state index >= 15 is 0 Å². The third kappa shape index (κ3) is 5.33. The lowest BCUT2D eigenvalue weighted by Gasteiger charge is -2.24. The van der Waals surface area contributed by atoms with Crippen molar-refractivity contribution in [2.24, 2.45) is 0 Å². The third-order valence-electron chi connectivity index (χ3n) is 2.83. The Morgan fingerprint density at radius 2 is 1.52 bits per heavy atom.